The molecule has 4 atom stereocenters. The molecule has 294 valence electrons. The van der Waals surface area contributed by atoms with Crippen LogP contribution in [0.15, 0.2) is 84.9 Å². The predicted octanol–water partition coefficient (Wildman–Crippen LogP) is 8.46. The summed E-state index contributed by atoms with van der Waals surface area (Å²) in [4.78, 5) is 43.8. The van der Waals surface area contributed by atoms with E-state index in [1.807, 2.05) is 50.2 Å². The SMILES string of the molecule is C[C@H](CO)N1C[C@H](C)[C@@H](CN(C)C(=O)Nc2ccc(C(F)(F)F)cc2)OCCCC[C@H](C)Oc2ccc(NC(=O)Nc3cccc4ccccc34)cc2C1=O. The first-order chi connectivity index (χ1) is 26.2. The molecule has 1 heterocycles. The first-order valence-electron chi connectivity index (χ1n) is 18.3. The molecule has 0 radical (unpaired) electrons. The van der Waals surface area contributed by atoms with Gasteiger partial charge in [0.15, 0.2) is 0 Å². The molecule has 55 heavy (non-hydrogen) atoms. The summed E-state index contributed by atoms with van der Waals surface area (Å²) in [5, 5.41) is 20.5. The van der Waals surface area contributed by atoms with Crippen LogP contribution in [-0.2, 0) is 10.9 Å². The van der Waals surface area contributed by atoms with Crippen LogP contribution >= 0.6 is 0 Å². The largest absolute Gasteiger partial charge is 0.490 e. The maximum Gasteiger partial charge on any atom is 0.416 e. The van der Waals surface area contributed by atoms with Crippen molar-refractivity contribution in [1.82, 2.24) is 9.80 Å². The summed E-state index contributed by atoms with van der Waals surface area (Å²) in [6.45, 7) is 5.80. The van der Waals surface area contributed by atoms with E-state index in [1.165, 1.54) is 21.9 Å². The number of hydrogen-bond donors (Lipinski definition) is 4. The number of amides is 5. The summed E-state index contributed by atoms with van der Waals surface area (Å²) in [6, 6.07) is 20.7. The van der Waals surface area contributed by atoms with E-state index in [-0.39, 0.29) is 43.0 Å². The highest BCUT2D eigenvalue weighted by molar-refractivity contribution is 6.07. The summed E-state index contributed by atoms with van der Waals surface area (Å²) < 4.78 is 51.7. The van der Waals surface area contributed by atoms with Crippen LogP contribution in [-0.4, -0.2) is 84.5 Å². The fraction of sp³-hybridized carbons (Fsp3) is 0.390. The smallest absolute Gasteiger partial charge is 0.416 e. The second-order valence-electron chi connectivity index (χ2n) is 14.0. The minimum atomic E-state index is -4.50. The zero-order chi connectivity index (χ0) is 39.7. The van der Waals surface area contributed by atoms with Crippen molar-refractivity contribution in [2.45, 2.75) is 64.5 Å². The van der Waals surface area contributed by atoms with Gasteiger partial charge in [0.2, 0.25) is 0 Å². The molecule has 14 heteroatoms. The third-order valence-electron chi connectivity index (χ3n) is 9.61. The summed E-state index contributed by atoms with van der Waals surface area (Å²) in [6.07, 6.45) is -3.18. The molecule has 4 N–H and O–H groups in total. The van der Waals surface area contributed by atoms with E-state index in [1.54, 1.807) is 38.2 Å². The van der Waals surface area contributed by atoms with Gasteiger partial charge in [-0.1, -0.05) is 43.3 Å². The van der Waals surface area contributed by atoms with Crippen LogP contribution in [0.4, 0.5) is 39.8 Å². The first-order valence-corrected chi connectivity index (χ1v) is 18.3. The van der Waals surface area contributed by atoms with Crippen LogP contribution in [0.2, 0.25) is 0 Å². The Morgan fingerprint density at radius 1 is 0.945 bits per heavy atom. The average molecular weight is 764 g/mol. The number of carbonyl (C=O) groups is 3. The fourth-order valence-corrected chi connectivity index (χ4v) is 6.40. The van der Waals surface area contributed by atoms with Gasteiger partial charge in [-0.3, -0.25) is 4.79 Å². The molecule has 5 amide bonds. The van der Waals surface area contributed by atoms with Crippen LogP contribution in [0.3, 0.4) is 0 Å². The van der Waals surface area contributed by atoms with E-state index in [2.05, 4.69) is 16.0 Å². The van der Waals surface area contributed by atoms with Gasteiger partial charge in [0.05, 0.1) is 41.7 Å². The van der Waals surface area contributed by atoms with Crippen molar-refractivity contribution in [3.8, 4) is 5.75 Å². The predicted molar refractivity (Wildman–Crippen MR) is 207 cm³/mol. The number of nitrogens with zero attached hydrogens (tertiary/aromatic N) is 2. The number of nitrogens with one attached hydrogen (secondary N) is 3. The summed E-state index contributed by atoms with van der Waals surface area (Å²) in [5.41, 5.74) is 0.556. The second-order valence-corrected chi connectivity index (χ2v) is 14.0. The molecule has 4 aromatic carbocycles. The highest BCUT2D eigenvalue weighted by atomic mass is 19.4. The van der Waals surface area contributed by atoms with Crippen molar-refractivity contribution in [3.63, 3.8) is 0 Å². The molecule has 4 aromatic rings. The van der Waals surface area contributed by atoms with Crippen molar-refractivity contribution in [3.05, 3.63) is 96.1 Å². The van der Waals surface area contributed by atoms with Crippen LogP contribution in [0.5, 0.6) is 5.75 Å². The van der Waals surface area contributed by atoms with Gasteiger partial charge >= 0.3 is 18.2 Å². The third kappa shape index (κ3) is 10.9. The number of alkyl halides is 3. The molecule has 11 nitrogen and oxygen atoms in total. The molecule has 0 spiro atoms. The van der Waals surface area contributed by atoms with Gasteiger partial charge in [-0.25, -0.2) is 9.59 Å². The van der Waals surface area contributed by atoms with Gasteiger partial charge in [0.1, 0.15) is 5.75 Å². The molecule has 1 aliphatic rings. The quantitative estimate of drug-likeness (QED) is 0.149. The Morgan fingerprint density at radius 3 is 2.38 bits per heavy atom. The molecule has 1 aliphatic heterocycles. The Kier molecular flexibility index (Phi) is 13.6. The van der Waals surface area contributed by atoms with E-state index in [4.69, 9.17) is 9.47 Å². The van der Waals surface area contributed by atoms with Crippen molar-refractivity contribution >= 4 is 45.8 Å². The lowest BCUT2D eigenvalue weighted by atomic mass is 10.0. The van der Waals surface area contributed by atoms with Crippen LogP contribution < -0.4 is 20.7 Å². The number of carbonyl (C=O) groups excluding carboxylic acids is 3. The lowest BCUT2D eigenvalue weighted by Gasteiger charge is -2.35. The molecule has 0 saturated heterocycles. The number of aliphatic hydroxyl groups is 1. The maximum atomic E-state index is 14.5. The first kappa shape index (κ1) is 40.8. The van der Waals surface area contributed by atoms with Gasteiger partial charge < -0.3 is 40.3 Å². The number of urea groups is 2. The summed E-state index contributed by atoms with van der Waals surface area (Å²) >= 11 is 0. The topological polar surface area (TPSA) is 132 Å². The number of likely N-dealkylation sites (N-methyl/N-ethyl adjacent to an activating group) is 1. The number of ether oxygens (including phenoxy) is 2. The van der Waals surface area contributed by atoms with Gasteiger partial charge in [0.25, 0.3) is 5.91 Å². The van der Waals surface area contributed by atoms with Gasteiger partial charge in [-0.15, -0.1) is 0 Å². The minimum absolute atomic E-state index is 0.110. The van der Waals surface area contributed by atoms with Gasteiger partial charge in [-0.05, 0) is 87.0 Å². The van der Waals surface area contributed by atoms with E-state index < -0.39 is 41.9 Å². The second kappa shape index (κ2) is 18.3. The van der Waals surface area contributed by atoms with Gasteiger partial charge in [0, 0.05) is 49.4 Å². The van der Waals surface area contributed by atoms with E-state index in [0.29, 0.717) is 36.6 Å². The van der Waals surface area contributed by atoms with Crippen molar-refractivity contribution in [2.75, 3.05) is 49.3 Å². The number of anilines is 3. The molecule has 0 bridgehead atoms. The third-order valence-corrected chi connectivity index (χ3v) is 9.61. The Balaban J connectivity index is 1.35. The Hall–Kier alpha value is -5.34. The minimum Gasteiger partial charge on any atom is -0.490 e. The van der Waals surface area contributed by atoms with Crippen LogP contribution in [0, 0.1) is 5.92 Å². The monoisotopic (exact) mass is 763 g/mol. The summed E-state index contributed by atoms with van der Waals surface area (Å²) in [5.74, 6) is -0.443. The van der Waals surface area contributed by atoms with Crippen LogP contribution in [0.1, 0.15) is 56.0 Å². The lowest BCUT2D eigenvalue weighted by molar-refractivity contribution is -0.137. The number of benzene rings is 4. The molecule has 0 fully saturated rings. The average Bonchev–Trinajstić information content (AvgIpc) is 3.15. The number of hydrogen-bond acceptors (Lipinski definition) is 6. The van der Waals surface area contributed by atoms with E-state index >= 15 is 0 Å². The highest BCUT2D eigenvalue weighted by Gasteiger charge is 2.32. The lowest BCUT2D eigenvalue weighted by Crippen LogP contribution is -2.48. The zero-order valence-electron chi connectivity index (χ0n) is 31.4. The molecule has 0 saturated carbocycles. The molecule has 0 unspecified atom stereocenters. The Bertz CT molecular complexity index is 1940. The number of rotatable bonds is 7. The van der Waals surface area contributed by atoms with Gasteiger partial charge in [-0.2, -0.15) is 13.2 Å². The highest BCUT2D eigenvalue weighted by Crippen LogP contribution is 2.31. The Morgan fingerprint density at radius 2 is 1.65 bits per heavy atom. The fourth-order valence-electron chi connectivity index (χ4n) is 6.40. The maximum absolute atomic E-state index is 14.5. The van der Waals surface area contributed by atoms with E-state index in [0.717, 1.165) is 29.3 Å². The molecule has 0 aliphatic carbocycles. The standard InChI is InChI=1S/C41H48F3N5O6/c1-26-23-49(27(2)25-50)38(51)34-22-32(45-39(52)47-35-14-9-12-29-11-5-6-13-33(29)35)19-20-36(34)55-28(3)10-7-8-21-54-37(26)24-48(4)40(53)46-31-17-15-30(16-18-31)41(42,43)44/h5-6,9,11-20,22,26-28,37,50H,7-8,10,21,23-25H2,1-4H3,(H,46,53)(H2,45,47,52)/t26-,27+,28-,37+/m0/s1. The normalized spacial score (nSPS) is 19.0. The molecular weight excluding hydrogens is 715 g/mol. The Labute approximate surface area is 318 Å². The molecule has 0 aromatic heterocycles. The number of halogens is 3. The summed E-state index contributed by atoms with van der Waals surface area (Å²) in [7, 11) is 1.56. The zero-order valence-corrected chi connectivity index (χ0v) is 31.4. The number of fused-ring (bicyclic) bond motifs is 2. The molecule has 5 rings (SSSR count). The van der Waals surface area contributed by atoms with Crippen molar-refractivity contribution in [1.29, 1.82) is 0 Å². The molecular formula is C41H48F3N5O6. The number of aliphatic hydroxyl groups excluding tert-OH is 1. The van der Waals surface area contributed by atoms with Crippen LogP contribution in [0.25, 0.3) is 10.8 Å². The van der Waals surface area contributed by atoms with E-state index in [9.17, 15) is 32.7 Å². The van der Waals surface area contributed by atoms with Crippen molar-refractivity contribution in [2.24, 2.45) is 5.92 Å². The van der Waals surface area contributed by atoms with Crippen molar-refractivity contribution < 1.29 is 42.1 Å².